The Labute approximate surface area is 120 Å². The van der Waals surface area contributed by atoms with E-state index in [4.69, 9.17) is 5.73 Å². The van der Waals surface area contributed by atoms with E-state index >= 15 is 0 Å². The molecule has 0 aromatic heterocycles. The van der Waals surface area contributed by atoms with Crippen LogP contribution in [0.2, 0.25) is 0 Å². The third-order valence-corrected chi connectivity index (χ3v) is 4.73. The Bertz CT molecular complexity index is 717. The molecule has 21 heavy (non-hydrogen) atoms. The van der Waals surface area contributed by atoms with Gasteiger partial charge in [0.25, 0.3) is 0 Å². The number of carbonyl (C=O) groups excluding carboxylic acids is 2. The van der Waals surface area contributed by atoms with Crippen LogP contribution < -0.4 is 15.8 Å². The summed E-state index contributed by atoms with van der Waals surface area (Å²) in [5, 5.41) is 2.05. The quantitative estimate of drug-likeness (QED) is 0.527. The number of carbonyl (C=O) groups is 2. The van der Waals surface area contributed by atoms with E-state index in [0.29, 0.717) is 0 Å². The van der Waals surface area contributed by atoms with E-state index in [1.54, 1.807) is 0 Å². The number of hydrogen-bond donors (Lipinski definition) is 3. The topological polar surface area (TPSA) is 118 Å². The Morgan fingerprint density at radius 2 is 2.05 bits per heavy atom. The van der Waals surface area contributed by atoms with Crippen molar-refractivity contribution in [2.24, 2.45) is 0 Å². The summed E-state index contributed by atoms with van der Waals surface area (Å²) in [5.41, 5.74) is 5.24. The molecule has 2 amide bonds. The van der Waals surface area contributed by atoms with Gasteiger partial charge in [-0.3, -0.25) is 14.9 Å². The molecule has 0 bridgehead atoms. The van der Waals surface area contributed by atoms with Gasteiger partial charge < -0.3 is 5.73 Å². The molecule has 1 aliphatic heterocycles. The van der Waals surface area contributed by atoms with Crippen LogP contribution in [0, 0.1) is 12.7 Å². The molecule has 1 saturated heterocycles. The number of nitrogens with two attached hydrogens (primary N) is 1. The van der Waals surface area contributed by atoms with Crippen molar-refractivity contribution >= 4 is 27.5 Å². The normalized spacial score (nSPS) is 19.4. The van der Waals surface area contributed by atoms with Crippen LogP contribution in [-0.2, 0) is 19.6 Å². The third-order valence-electron chi connectivity index (χ3n) is 3.12. The second kappa shape index (κ2) is 5.41. The molecule has 114 valence electrons. The average Bonchev–Trinajstić information content (AvgIpc) is 2.37. The smallest absolute Gasteiger partial charge is 0.244 e. The van der Waals surface area contributed by atoms with Crippen molar-refractivity contribution in [3.63, 3.8) is 0 Å². The number of piperidine rings is 1. The Morgan fingerprint density at radius 1 is 1.38 bits per heavy atom. The molecular weight excluding hydrogens is 301 g/mol. The van der Waals surface area contributed by atoms with Gasteiger partial charge in [-0.25, -0.2) is 12.8 Å². The summed E-state index contributed by atoms with van der Waals surface area (Å²) in [6, 6.07) is 0.964. The van der Waals surface area contributed by atoms with Crippen LogP contribution in [0.5, 0.6) is 0 Å². The molecule has 1 atom stereocenters. The van der Waals surface area contributed by atoms with Crippen molar-refractivity contribution in [1.29, 1.82) is 0 Å². The molecule has 7 nitrogen and oxygen atoms in total. The highest BCUT2D eigenvalue weighted by Gasteiger charge is 2.31. The van der Waals surface area contributed by atoms with E-state index in [9.17, 15) is 22.4 Å². The molecule has 1 heterocycles. The number of rotatable bonds is 3. The zero-order chi connectivity index (χ0) is 15.8. The highest BCUT2D eigenvalue weighted by molar-refractivity contribution is 7.89. The molecule has 0 saturated carbocycles. The lowest BCUT2D eigenvalue weighted by molar-refractivity contribution is -0.134. The molecule has 1 aromatic rings. The van der Waals surface area contributed by atoms with Crippen LogP contribution in [0.1, 0.15) is 18.4 Å². The van der Waals surface area contributed by atoms with Gasteiger partial charge in [0.1, 0.15) is 11.9 Å². The fourth-order valence-electron chi connectivity index (χ4n) is 2.01. The number of benzene rings is 1. The molecule has 1 aliphatic rings. The van der Waals surface area contributed by atoms with Crippen LogP contribution in [0.3, 0.4) is 0 Å². The van der Waals surface area contributed by atoms with Crippen molar-refractivity contribution < 1.29 is 22.4 Å². The predicted molar refractivity (Wildman–Crippen MR) is 72.0 cm³/mol. The molecule has 2 rings (SSSR count). The molecule has 0 spiro atoms. The van der Waals surface area contributed by atoms with E-state index in [-0.39, 0.29) is 29.0 Å². The van der Waals surface area contributed by atoms with Gasteiger partial charge in [-0.15, -0.1) is 0 Å². The molecule has 1 fully saturated rings. The van der Waals surface area contributed by atoms with E-state index in [1.165, 1.54) is 6.92 Å². The number of nitrogens with one attached hydrogen (secondary N) is 2. The van der Waals surface area contributed by atoms with Gasteiger partial charge in [0.05, 0.1) is 10.6 Å². The predicted octanol–water partition coefficient (Wildman–Crippen LogP) is -0.200. The van der Waals surface area contributed by atoms with Crippen LogP contribution in [0.25, 0.3) is 0 Å². The van der Waals surface area contributed by atoms with Crippen LogP contribution >= 0.6 is 0 Å². The number of halogens is 1. The highest BCUT2D eigenvalue weighted by Crippen LogP contribution is 2.22. The summed E-state index contributed by atoms with van der Waals surface area (Å²) in [6.45, 7) is 1.42. The van der Waals surface area contributed by atoms with E-state index < -0.39 is 33.7 Å². The largest absolute Gasteiger partial charge is 0.396 e. The Balaban J connectivity index is 2.29. The fourth-order valence-corrected chi connectivity index (χ4v) is 3.51. The van der Waals surface area contributed by atoms with Crippen LogP contribution in [-0.4, -0.2) is 26.3 Å². The summed E-state index contributed by atoms with van der Waals surface area (Å²) >= 11 is 0. The van der Waals surface area contributed by atoms with Crippen molar-refractivity contribution in [2.75, 3.05) is 5.73 Å². The summed E-state index contributed by atoms with van der Waals surface area (Å²) in [7, 11) is -4.05. The maximum absolute atomic E-state index is 13.3. The highest BCUT2D eigenvalue weighted by atomic mass is 32.2. The first-order chi connectivity index (χ1) is 9.70. The molecule has 4 N–H and O–H groups in total. The monoisotopic (exact) mass is 315 g/mol. The molecule has 1 aromatic carbocycles. The Kier molecular flexibility index (Phi) is 3.97. The molecular formula is C12H14FN3O4S. The van der Waals surface area contributed by atoms with Gasteiger partial charge >= 0.3 is 0 Å². The lowest BCUT2D eigenvalue weighted by Gasteiger charge is -2.22. The van der Waals surface area contributed by atoms with E-state index in [0.717, 1.165) is 12.1 Å². The Morgan fingerprint density at radius 3 is 2.67 bits per heavy atom. The van der Waals surface area contributed by atoms with Crippen molar-refractivity contribution in [3.05, 3.63) is 23.5 Å². The number of nitrogen functional groups attached to an aromatic ring is 1. The maximum atomic E-state index is 13.3. The summed E-state index contributed by atoms with van der Waals surface area (Å²) in [4.78, 5) is 22.4. The molecule has 0 radical (unpaired) electrons. The first-order valence-electron chi connectivity index (χ1n) is 6.12. The van der Waals surface area contributed by atoms with Gasteiger partial charge in [-0.1, -0.05) is 0 Å². The lowest BCUT2D eigenvalue weighted by atomic mass is 10.1. The lowest BCUT2D eigenvalue weighted by Crippen LogP contribution is -2.52. The number of aryl methyl sites for hydroxylation is 1. The van der Waals surface area contributed by atoms with E-state index in [1.807, 2.05) is 5.32 Å². The van der Waals surface area contributed by atoms with Gasteiger partial charge in [0, 0.05) is 6.42 Å². The number of imide groups is 1. The summed E-state index contributed by atoms with van der Waals surface area (Å²) < 4.78 is 40.0. The standard InChI is InChI=1S/C12H14FN3O4S/c1-6-4-7(13)8(14)5-10(6)21(19,20)16-9-2-3-11(17)15-12(9)18/h4-5,9,16H,2-3,14H2,1H3,(H,15,17,18). The van der Waals surface area contributed by atoms with Crippen molar-refractivity contribution in [2.45, 2.75) is 30.7 Å². The first-order valence-corrected chi connectivity index (χ1v) is 7.60. The van der Waals surface area contributed by atoms with Gasteiger partial charge in [-0.2, -0.15) is 4.72 Å². The number of amides is 2. The van der Waals surface area contributed by atoms with Gasteiger partial charge in [-0.05, 0) is 31.0 Å². The average molecular weight is 315 g/mol. The molecule has 9 heteroatoms. The minimum Gasteiger partial charge on any atom is -0.396 e. The summed E-state index contributed by atoms with van der Waals surface area (Å²) in [6.07, 6.45) is 0.114. The van der Waals surface area contributed by atoms with E-state index in [2.05, 4.69) is 4.72 Å². The fraction of sp³-hybridized carbons (Fsp3) is 0.333. The van der Waals surface area contributed by atoms with Gasteiger partial charge in [0.2, 0.25) is 21.8 Å². The van der Waals surface area contributed by atoms with Crippen LogP contribution in [0.4, 0.5) is 10.1 Å². The molecule has 1 unspecified atom stereocenters. The molecule has 0 aliphatic carbocycles. The minimum atomic E-state index is -4.05. The number of anilines is 1. The zero-order valence-electron chi connectivity index (χ0n) is 11.1. The third kappa shape index (κ3) is 3.19. The first kappa shape index (κ1) is 15.4. The Hall–Kier alpha value is -2.00. The van der Waals surface area contributed by atoms with Gasteiger partial charge in [0.15, 0.2) is 0 Å². The second-order valence-electron chi connectivity index (χ2n) is 4.76. The summed E-state index contributed by atoms with van der Waals surface area (Å²) in [5.74, 6) is -1.87. The van der Waals surface area contributed by atoms with Crippen molar-refractivity contribution in [3.8, 4) is 0 Å². The maximum Gasteiger partial charge on any atom is 0.244 e. The second-order valence-corrected chi connectivity index (χ2v) is 6.45. The SMILES string of the molecule is Cc1cc(F)c(N)cc1S(=O)(=O)NC1CCC(=O)NC1=O. The zero-order valence-corrected chi connectivity index (χ0v) is 12.0. The van der Waals surface area contributed by atoms with Crippen LogP contribution in [0.15, 0.2) is 17.0 Å². The minimum absolute atomic E-state index is 0.0451. The number of sulfonamides is 1. The van der Waals surface area contributed by atoms with Crippen molar-refractivity contribution in [1.82, 2.24) is 10.0 Å². The number of hydrogen-bond acceptors (Lipinski definition) is 5.